The standard InChI is InChI=1S/C27H27N3O/c1-31-23-13-11-21(12-14-23)26-18-27(24-9-2-3-10-25(24)29-26)28-22-8-6-7-20(17-22)19-30-15-4-5-16-30/h2-3,6-14,17-18H,4-5,15-16,19H2,1H3,(H,28,29). The molecule has 0 bridgehead atoms. The molecule has 0 atom stereocenters. The molecule has 2 heterocycles. The van der Waals surface area contributed by atoms with Crippen LogP contribution in [0, 0.1) is 0 Å². The van der Waals surface area contributed by atoms with Crippen LogP contribution in [-0.2, 0) is 6.54 Å². The van der Waals surface area contributed by atoms with Gasteiger partial charge in [-0.05, 0) is 80.0 Å². The Bertz CT molecular complexity index is 1180. The van der Waals surface area contributed by atoms with E-state index in [1.54, 1.807) is 7.11 Å². The van der Waals surface area contributed by atoms with E-state index >= 15 is 0 Å². The first kappa shape index (κ1) is 19.6. The Balaban J connectivity index is 1.48. The molecule has 1 aliphatic heterocycles. The molecule has 0 aliphatic carbocycles. The van der Waals surface area contributed by atoms with Crippen LogP contribution < -0.4 is 10.1 Å². The Morgan fingerprint density at radius 2 is 1.71 bits per heavy atom. The molecule has 156 valence electrons. The highest BCUT2D eigenvalue weighted by atomic mass is 16.5. The molecule has 0 radical (unpaired) electrons. The lowest BCUT2D eigenvalue weighted by Crippen LogP contribution is -2.18. The molecule has 0 spiro atoms. The van der Waals surface area contributed by atoms with Crippen LogP contribution in [0.5, 0.6) is 5.75 Å². The Morgan fingerprint density at radius 3 is 2.52 bits per heavy atom. The predicted octanol–water partition coefficient (Wildman–Crippen LogP) is 6.25. The largest absolute Gasteiger partial charge is 0.497 e. The van der Waals surface area contributed by atoms with Gasteiger partial charge in [-0.3, -0.25) is 4.90 Å². The quantitative estimate of drug-likeness (QED) is 0.408. The van der Waals surface area contributed by atoms with Gasteiger partial charge in [0.2, 0.25) is 0 Å². The maximum atomic E-state index is 5.30. The van der Waals surface area contributed by atoms with Gasteiger partial charge in [0.15, 0.2) is 0 Å². The topological polar surface area (TPSA) is 37.4 Å². The van der Waals surface area contributed by atoms with Crippen LogP contribution in [0.3, 0.4) is 0 Å². The molecular formula is C27H27N3O. The molecule has 0 unspecified atom stereocenters. The molecule has 4 aromatic rings. The lowest BCUT2D eigenvalue weighted by molar-refractivity contribution is 0.331. The molecule has 1 aliphatic rings. The minimum absolute atomic E-state index is 0.845. The van der Waals surface area contributed by atoms with Gasteiger partial charge in [-0.15, -0.1) is 0 Å². The number of para-hydroxylation sites is 1. The van der Waals surface area contributed by atoms with Gasteiger partial charge in [0.1, 0.15) is 5.75 Å². The molecule has 31 heavy (non-hydrogen) atoms. The molecular weight excluding hydrogens is 382 g/mol. The second-order valence-corrected chi connectivity index (χ2v) is 8.11. The number of nitrogens with one attached hydrogen (secondary N) is 1. The van der Waals surface area contributed by atoms with Crippen molar-refractivity contribution in [3.8, 4) is 17.0 Å². The Hall–Kier alpha value is -3.37. The first-order valence-corrected chi connectivity index (χ1v) is 10.9. The van der Waals surface area contributed by atoms with Crippen molar-refractivity contribution in [3.63, 3.8) is 0 Å². The summed E-state index contributed by atoms with van der Waals surface area (Å²) in [4.78, 5) is 7.43. The number of anilines is 2. The van der Waals surface area contributed by atoms with Crippen LogP contribution in [0.2, 0.25) is 0 Å². The number of likely N-dealkylation sites (tertiary alicyclic amines) is 1. The number of nitrogens with zero attached hydrogens (tertiary/aromatic N) is 2. The van der Waals surface area contributed by atoms with Crippen molar-refractivity contribution in [3.05, 3.63) is 84.4 Å². The van der Waals surface area contributed by atoms with Crippen molar-refractivity contribution in [1.29, 1.82) is 0 Å². The third-order valence-electron chi connectivity index (χ3n) is 5.91. The van der Waals surface area contributed by atoms with Gasteiger partial charge >= 0.3 is 0 Å². The van der Waals surface area contributed by atoms with Crippen molar-refractivity contribution >= 4 is 22.3 Å². The fourth-order valence-electron chi connectivity index (χ4n) is 4.29. The number of aromatic nitrogens is 1. The van der Waals surface area contributed by atoms with E-state index in [4.69, 9.17) is 9.72 Å². The van der Waals surface area contributed by atoms with E-state index in [2.05, 4.69) is 70.9 Å². The Kier molecular flexibility index (Phi) is 5.55. The van der Waals surface area contributed by atoms with Gasteiger partial charge in [0.05, 0.1) is 24.0 Å². The zero-order valence-corrected chi connectivity index (χ0v) is 17.8. The molecule has 3 aromatic carbocycles. The number of hydrogen-bond donors (Lipinski definition) is 1. The molecule has 1 fully saturated rings. The van der Waals surface area contributed by atoms with Gasteiger partial charge < -0.3 is 10.1 Å². The minimum Gasteiger partial charge on any atom is -0.497 e. The van der Waals surface area contributed by atoms with E-state index in [9.17, 15) is 0 Å². The summed E-state index contributed by atoms with van der Waals surface area (Å²) in [7, 11) is 1.68. The summed E-state index contributed by atoms with van der Waals surface area (Å²) in [6.45, 7) is 3.43. The number of benzene rings is 3. The predicted molar refractivity (Wildman–Crippen MR) is 128 cm³/mol. The van der Waals surface area contributed by atoms with Crippen molar-refractivity contribution in [2.24, 2.45) is 0 Å². The third-order valence-corrected chi connectivity index (χ3v) is 5.91. The van der Waals surface area contributed by atoms with E-state index in [0.29, 0.717) is 0 Å². The van der Waals surface area contributed by atoms with E-state index in [0.717, 1.165) is 45.8 Å². The van der Waals surface area contributed by atoms with Crippen molar-refractivity contribution < 1.29 is 4.74 Å². The lowest BCUT2D eigenvalue weighted by atomic mass is 10.1. The number of fused-ring (bicyclic) bond motifs is 1. The number of pyridine rings is 1. The number of hydrogen-bond acceptors (Lipinski definition) is 4. The maximum absolute atomic E-state index is 5.30. The monoisotopic (exact) mass is 409 g/mol. The minimum atomic E-state index is 0.845. The van der Waals surface area contributed by atoms with Crippen LogP contribution in [0.1, 0.15) is 18.4 Å². The second-order valence-electron chi connectivity index (χ2n) is 8.11. The van der Waals surface area contributed by atoms with Gasteiger partial charge in [0.25, 0.3) is 0 Å². The molecule has 1 aromatic heterocycles. The molecule has 4 heteroatoms. The molecule has 1 saturated heterocycles. The van der Waals surface area contributed by atoms with Crippen LogP contribution in [0.15, 0.2) is 78.9 Å². The third kappa shape index (κ3) is 4.39. The average molecular weight is 410 g/mol. The van der Waals surface area contributed by atoms with Crippen LogP contribution in [-0.4, -0.2) is 30.1 Å². The van der Waals surface area contributed by atoms with E-state index in [-0.39, 0.29) is 0 Å². The lowest BCUT2D eigenvalue weighted by Gasteiger charge is -2.16. The highest BCUT2D eigenvalue weighted by Gasteiger charge is 2.12. The summed E-state index contributed by atoms with van der Waals surface area (Å²) in [5, 5.41) is 4.78. The fourth-order valence-corrected chi connectivity index (χ4v) is 4.29. The van der Waals surface area contributed by atoms with E-state index in [1.807, 2.05) is 18.2 Å². The van der Waals surface area contributed by atoms with Crippen LogP contribution in [0.25, 0.3) is 22.2 Å². The van der Waals surface area contributed by atoms with Crippen LogP contribution in [0.4, 0.5) is 11.4 Å². The summed E-state index contributed by atoms with van der Waals surface area (Å²) >= 11 is 0. The second kappa shape index (κ2) is 8.78. The zero-order valence-electron chi connectivity index (χ0n) is 17.8. The van der Waals surface area contributed by atoms with Crippen molar-refractivity contribution in [1.82, 2.24) is 9.88 Å². The summed E-state index contributed by atoms with van der Waals surface area (Å²) in [6, 6.07) is 27.2. The van der Waals surface area contributed by atoms with Gasteiger partial charge in [-0.25, -0.2) is 4.98 Å². The van der Waals surface area contributed by atoms with Gasteiger partial charge in [0, 0.05) is 23.2 Å². The molecule has 4 nitrogen and oxygen atoms in total. The Labute approximate surface area is 183 Å². The van der Waals surface area contributed by atoms with Gasteiger partial charge in [-0.2, -0.15) is 0 Å². The first-order valence-electron chi connectivity index (χ1n) is 10.9. The average Bonchev–Trinajstić information content (AvgIpc) is 3.32. The summed E-state index contributed by atoms with van der Waals surface area (Å²) in [6.07, 6.45) is 2.63. The number of rotatable bonds is 6. The normalized spacial score (nSPS) is 14.1. The Morgan fingerprint density at radius 1 is 0.903 bits per heavy atom. The van der Waals surface area contributed by atoms with Crippen molar-refractivity contribution in [2.75, 3.05) is 25.5 Å². The number of methoxy groups -OCH3 is 1. The summed E-state index contributed by atoms with van der Waals surface area (Å²) < 4.78 is 5.30. The smallest absolute Gasteiger partial charge is 0.118 e. The summed E-state index contributed by atoms with van der Waals surface area (Å²) in [5.74, 6) is 0.845. The molecule has 1 N–H and O–H groups in total. The highest BCUT2D eigenvalue weighted by molar-refractivity contribution is 5.95. The zero-order chi connectivity index (χ0) is 21.0. The van der Waals surface area contributed by atoms with Gasteiger partial charge in [-0.1, -0.05) is 30.3 Å². The van der Waals surface area contributed by atoms with Crippen LogP contribution >= 0.6 is 0 Å². The number of ether oxygens (including phenoxy) is 1. The van der Waals surface area contributed by atoms with Crippen molar-refractivity contribution in [2.45, 2.75) is 19.4 Å². The molecule has 5 rings (SSSR count). The fraction of sp³-hybridized carbons (Fsp3) is 0.222. The molecule has 0 saturated carbocycles. The highest BCUT2D eigenvalue weighted by Crippen LogP contribution is 2.31. The summed E-state index contributed by atoms with van der Waals surface area (Å²) in [5.41, 5.74) is 6.50. The SMILES string of the molecule is COc1ccc(-c2cc(Nc3cccc(CN4CCCC4)c3)c3ccccc3n2)cc1. The van der Waals surface area contributed by atoms with E-state index < -0.39 is 0 Å². The molecule has 0 amide bonds. The first-order chi connectivity index (χ1) is 15.3. The maximum Gasteiger partial charge on any atom is 0.118 e. The van der Waals surface area contributed by atoms with E-state index in [1.165, 1.54) is 31.5 Å².